The van der Waals surface area contributed by atoms with Gasteiger partial charge >= 0.3 is 0 Å². The van der Waals surface area contributed by atoms with Gasteiger partial charge < -0.3 is 9.88 Å². The lowest BCUT2D eigenvalue weighted by Crippen LogP contribution is -2.10. The summed E-state index contributed by atoms with van der Waals surface area (Å²) in [6, 6.07) is 0.626. The predicted molar refractivity (Wildman–Crippen MR) is 67.2 cm³/mol. The van der Waals surface area contributed by atoms with E-state index in [1.54, 1.807) is 6.26 Å². The zero-order valence-corrected chi connectivity index (χ0v) is 10.7. The highest BCUT2D eigenvalue weighted by Gasteiger charge is 2.22. The van der Waals surface area contributed by atoms with Gasteiger partial charge in [-0.1, -0.05) is 0 Å². The van der Waals surface area contributed by atoms with Gasteiger partial charge in [0.1, 0.15) is 0 Å². The molecule has 1 saturated carbocycles. The number of nitrogens with zero attached hydrogens (tertiary/aromatic N) is 2. The number of rotatable bonds is 6. The largest absolute Gasteiger partial charge is 0.353 e. The lowest BCUT2D eigenvalue weighted by Gasteiger charge is -2.08. The summed E-state index contributed by atoms with van der Waals surface area (Å²) in [4.78, 5) is 4.46. The van der Waals surface area contributed by atoms with Crippen molar-refractivity contribution in [1.29, 1.82) is 0 Å². The molecule has 2 rings (SSSR count). The van der Waals surface area contributed by atoms with Crippen molar-refractivity contribution in [1.82, 2.24) is 9.55 Å². The van der Waals surface area contributed by atoms with Crippen LogP contribution in [0.3, 0.4) is 0 Å². The summed E-state index contributed by atoms with van der Waals surface area (Å²) in [5, 5.41) is 3.42. The molecule has 1 aliphatic carbocycles. The maximum absolute atomic E-state index is 11.0. The van der Waals surface area contributed by atoms with E-state index in [9.17, 15) is 4.21 Å². The average Bonchev–Trinajstić information content (AvgIpc) is 2.92. The highest BCUT2D eigenvalue weighted by molar-refractivity contribution is 7.84. The van der Waals surface area contributed by atoms with Crippen LogP contribution in [0.15, 0.2) is 6.20 Å². The van der Waals surface area contributed by atoms with E-state index in [0.29, 0.717) is 6.04 Å². The maximum atomic E-state index is 11.0. The lowest BCUT2D eigenvalue weighted by molar-refractivity contribution is 0.662. The number of aromatic nitrogens is 2. The second-order valence-electron chi connectivity index (χ2n) is 4.45. The Morgan fingerprint density at radius 1 is 1.62 bits per heavy atom. The standard InChI is InChI=1S/C11H19N3OS/c1-9-8-14(6-3-7-16(2)15)11(12-9)13-10-4-5-10/h8,10H,3-7H2,1-2H3,(H,12,13). The van der Waals surface area contributed by atoms with Crippen LogP contribution >= 0.6 is 0 Å². The molecule has 0 spiro atoms. The van der Waals surface area contributed by atoms with Crippen molar-refractivity contribution < 1.29 is 4.21 Å². The Balaban J connectivity index is 1.92. The minimum absolute atomic E-state index is 0.626. The first-order valence-corrected chi connectivity index (χ1v) is 7.48. The summed E-state index contributed by atoms with van der Waals surface area (Å²) in [6.07, 6.45) is 7.26. The molecular formula is C11H19N3OS. The van der Waals surface area contributed by atoms with Crippen molar-refractivity contribution >= 4 is 16.7 Å². The SMILES string of the molecule is Cc1cn(CCCS(C)=O)c(NC2CC2)n1. The summed E-state index contributed by atoms with van der Waals surface area (Å²) in [5.74, 6) is 1.74. The van der Waals surface area contributed by atoms with Crippen molar-refractivity contribution in [3.8, 4) is 0 Å². The van der Waals surface area contributed by atoms with Crippen molar-refractivity contribution in [2.24, 2.45) is 0 Å². The van der Waals surface area contributed by atoms with Gasteiger partial charge in [-0.15, -0.1) is 0 Å². The highest BCUT2D eigenvalue weighted by Crippen LogP contribution is 2.24. The lowest BCUT2D eigenvalue weighted by atomic mass is 10.4. The molecule has 1 N–H and O–H groups in total. The van der Waals surface area contributed by atoms with Gasteiger partial charge in [-0.3, -0.25) is 4.21 Å². The first-order chi connectivity index (χ1) is 7.65. The first-order valence-electron chi connectivity index (χ1n) is 5.75. The van der Waals surface area contributed by atoms with E-state index in [1.165, 1.54) is 12.8 Å². The van der Waals surface area contributed by atoms with Gasteiger partial charge in [0.05, 0.1) is 5.69 Å². The minimum atomic E-state index is -0.692. The number of nitrogens with one attached hydrogen (secondary N) is 1. The highest BCUT2D eigenvalue weighted by atomic mass is 32.2. The van der Waals surface area contributed by atoms with Gasteiger partial charge in [0.2, 0.25) is 5.95 Å². The molecule has 1 aromatic rings. The molecule has 0 aliphatic heterocycles. The van der Waals surface area contributed by atoms with E-state index in [4.69, 9.17) is 0 Å². The van der Waals surface area contributed by atoms with Gasteiger partial charge in [0, 0.05) is 41.6 Å². The molecular weight excluding hydrogens is 222 g/mol. The molecule has 1 atom stereocenters. The Labute approximate surface area is 98.9 Å². The monoisotopic (exact) mass is 241 g/mol. The van der Waals surface area contributed by atoms with Gasteiger partial charge in [0.15, 0.2) is 0 Å². The fourth-order valence-electron chi connectivity index (χ4n) is 1.68. The summed E-state index contributed by atoms with van der Waals surface area (Å²) in [6.45, 7) is 2.90. The number of imidazole rings is 1. The molecule has 1 aliphatic rings. The molecule has 1 fully saturated rings. The number of hydrogen-bond donors (Lipinski definition) is 1. The quantitative estimate of drug-likeness (QED) is 0.821. The van der Waals surface area contributed by atoms with Crippen LogP contribution in [-0.4, -0.2) is 31.8 Å². The second kappa shape index (κ2) is 4.99. The fourth-order valence-corrected chi connectivity index (χ4v) is 2.22. The third kappa shape index (κ3) is 3.33. The summed E-state index contributed by atoms with van der Waals surface area (Å²) in [7, 11) is -0.692. The molecule has 90 valence electrons. The Hall–Kier alpha value is -0.840. The van der Waals surface area contributed by atoms with E-state index < -0.39 is 10.8 Å². The molecule has 1 unspecified atom stereocenters. The van der Waals surface area contributed by atoms with Crippen LogP contribution in [0.4, 0.5) is 5.95 Å². The van der Waals surface area contributed by atoms with Crippen LogP contribution < -0.4 is 5.32 Å². The molecule has 0 radical (unpaired) electrons. The minimum Gasteiger partial charge on any atom is -0.353 e. The molecule has 0 aromatic carbocycles. The molecule has 0 saturated heterocycles. The third-order valence-corrected chi connectivity index (χ3v) is 3.50. The van der Waals surface area contributed by atoms with Crippen molar-refractivity contribution in [2.45, 2.75) is 38.8 Å². The van der Waals surface area contributed by atoms with E-state index in [0.717, 1.165) is 30.4 Å². The average molecular weight is 241 g/mol. The molecule has 4 nitrogen and oxygen atoms in total. The summed E-state index contributed by atoms with van der Waals surface area (Å²) >= 11 is 0. The van der Waals surface area contributed by atoms with Gasteiger partial charge in [-0.25, -0.2) is 4.98 Å². The number of anilines is 1. The fraction of sp³-hybridized carbons (Fsp3) is 0.727. The summed E-state index contributed by atoms with van der Waals surface area (Å²) in [5.41, 5.74) is 1.04. The van der Waals surface area contributed by atoms with Gasteiger partial charge in [-0.05, 0) is 26.2 Å². The maximum Gasteiger partial charge on any atom is 0.203 e. The normalized spacial score (nSPS) is 17.4. The molecule has 0 amide bonds. The molecule has 1 heterocycles. The molecule has 16 heavy (non-hydrogen) atoms. The van der Waals surface area contributed by atoms with Crippen LogP contribution in [0.25, 0.3) is 0 Å². The topological polar surface area (TPSA) is 46.9 Å². The Kier molecular flexibility index (Phi) is 3.63. The Bertz CT molecular complexity index is 385. The summed E-state index contributed by atoms with van der Waals surface area (Å²) < 4.78 is 13.1. The Morgan fingerprint density at radius 3 is 3.00 bits per heavy atom. The molecule has 5 heteroatoms. The van der Waals surface area contributed by atoms with E-state index in [2.05, 4.69) is 21.1 Å². The first kappa shape index (κ1) is 11.6. The predicted octanol–water partition coefficient (Wildman–Crippen LogP) is 1.53. The van der Waals surface area contributed by atoms with Crippen LogP contribution in [0.1, 0.15) is 25.0 Å². The molecule has 1 aromatic heterocycles. The van der Waals surface area contributed by atoms with Gasteiger partial charge in [0.25, 0.3) is 0 Å². The van der Waals surface area contributed by atoms with E-state index in [-0.39, 0.29) is 0 Å². The number of hydrogen-bond acceptors (Lipinski definition) is 3. The molecule has 0 bridgehead atoms. The van der Waals surface area contributed by atoms with Crippen LogP contribution in [0, 0.1) is 6.92 Å². The van der Waals surface area contributed by atoms with E-state index in [1.807, 2.05) is 6.92 Å². The van der Waals surface area contributed by atoms with Crippen LogP contribution in [-0.2, 0) is 17.3 Å². The zero-order chi connectivity index (χ0) is 11.5. The third-order valence-electron chi connectivity index (χ3n) is 2.64. The van der Waals surface area contributed by atoms with Crippen LogP contribution in [0.5, 0.6) is 0 Å². The van der Waals surface area contributed by atoms with Crippen molar-refractivity contribution in [3.05, 3.63) is 11.9 Å². The number of aryl methyl sites for hydroxylation is 2. The van der Waals surface area contributed by atoms with E-state index >= 15 is 0 Å². The smallest absolute Gasteiger partial charge is 0.203 e. The second-order valence-corrected chi connectivity index (χ2v) is 6.00. The zero-order valence-electron chi connectivity index (χ0n) is 9.90. The Morgan fingerprint density at radius 2 is 2.38 bits per heavy atom. The van der Waals surface area contributed by atoms with Crippen molar-refractivity contribution in [3.63, 3.8) is 0 Å². The van der Waals surface area contributed by atoms with Gasteiger partial charge in [-0.2, -0.15) is 0 Å². The van der Waals surface area contributed by atoms with Crippen molar-refractivity contribution in [2.75, 3.05) is 17.3 Å². The van der Waals surface area contributed by atoms with Crippen LogP contribution in [0.2, 0.25) is 0 Å².